The smallest absolute Gasteiger partial charge is 0.223 e. The molecule has 0 bridgehead atoms. The van der Waals surface area contributed by atoms with Gasteiger partial charge >= 0.3 is 0 Å². The summed E-state index contributed by atoms with van der Waals surface area (Å²) in [6, 6.07) is 3.30. The van der Waals surface area contributed by atoms with Crippen LogP contribution >= 0.6 is 23.4 Å². The second-order valence-electron chi connectivity index (χ2n) is 5.28. The number of hydrogen-bond donors (Lipinski definition) is 0. The number of thioether (sulfide) groups is 1. The van der Waals surface area contributed by atoms with Crippen LogP contribution in [0.3, 0.4) is 0 Å². The van der Waals surface area contributed by atoms with E-state index in [0.717, 1.165) is 24.2 Å². The van der Waals surface area contributed by atoms with Crippen LogP contribution < -0.4 is 4.90 Å². The van der Waals surface area contributed by atoms with E-state index in [9.17, 15) is 8.78 Å². The zero-order chi connectivity index (χ0) is 15.9. The minimum Gasteiger partial charge on any atom is -0.367 e. The van der Waals surface area contributed by atoms with E-state index >= 15 is 0 Å². The highest BCUT2D eigenvalue weighted by atomic mass is 35.5. The molecule has 1 aliphatic rings. The van der Waals surface area contributed by atoms with Gasteiger partial charge in [0.1, 0.15) is 11.5 Å². The van der Waals surface area contributed by atoms with Gasteiger partial charge in [-0.2, -0.15) is 0 Å². The van der Waals surface area contributed by atoms with Gasteiger partial charge in [-0.05, 0) is 37.6 Å². The predicted octanol–water partition coefficient (Wildman–Crippen LogP) is 4.40. The second kappa shape index (κ2) is 6.01. The Kier molecular flexibility index (Phi) is 4.23. The minimum atomic E-state index is -0.622. The van der Waals surface area contributed by atoms with Gasteiger partial charge in [-0.3, -0.25) is 0 Å². The summed E-state index contributed by atoms with van der Waals surface area (Å²) in [6.45, 7) is 4.92. The first-order chi connectivity index (χ1) is 10.5. The van der Waals surface area contributed by atoms with Crippen molar-refractivity contribution in [3.63, 3.8) is 0 Å². The van der Waals surface area contributed by atoms with Crippen molar-refractivity contribution in [1.29, 1.82) is 0 Å². The molecule has 0 saturated carbocycles. The molecular weight excluding hydrogens is 328 g/mol. The summed E-state index contributed by atoms with van der Waals surface area (Å²) < 4.78 is 28.4. The van der Waals surface area contributed by atoms with Crippen LogP contribution in [0.15, 0.2) is 23.2 Å². The predicted molar refractivity (Wildman–Crippen MR) is 85.6 cm³/mol. The van der Waals surface area contributed by atoms with Crippen molar-refractivity contribution in [3.05, 3.63) is 35.2 Å². The number of anilines is 1. The van der Waals surface area contributed by atoms with Gasteiger partial charge in [0, 0.05) is 23.9 Å². The van der Waals surface area contributed by atoms with Crippen LogP contribution in [0.2, 0.25) is 5.28 Å². The van der Waals surface area contributed by atoms with Gasteiger partial charge < -0.3 is 4.90 Å². The number of benzene rings is 1. The molecule has 0 spiro atoms. The first-order valence-corrected chi connectivity index (χ1v) is 8.25. The molecule has 1 aromatic heterocycles. The van der Waals surface area contributed by atoms with E-state index in [-0.39, 0.29) is 22.8 Å². The zero-order valence-electron chi connectivity index (χ0n) is 12.1. The monoisotopic (exact) mass is 341 g/mol. The third kappa shape index (κ3) is 2.77. The molecule has 0 N–H and O–H groups in total. The Balaban J connectivity index is 2.17. The molecule has 1 aliphatic heterocycles. The Hall–Kier alpha value is -1.40. The molecule has 22 heavy (non-hydrogen) atoms. The molecule has 3 rings (SSSR count). The minimum absolute atomic E-state index is 0.0148. The van der Waals surface area contributed by atoms with Crippen molar-refractivity contribution in [2.75, 3.05) is 17.2 Å². The number of halogens is 3. The van der Waals surface area contributed by atoms with Gasteiger partial charge in [0.2, 0.25) is 5.28 Å². The van der Waals surface area contributed by atoms with Gasteiger partial charge in [-0.25, -0.2) is 18.7 Å². The Bertz CT molecular complexity index is 724. The first-order valence-electron chi connectivity index (χ1n) is 6.88. The highest BCUT2D eigenvalue weighted by Crippen LogP contribution is 2.40. The second-order valence-corrected chi connectivity index (χ2v) is 6.72. The average Bonchev–Trinajstić information content (AvgIpc) is 2.49. The SMILES string of the molecule is CC(C)N1CCSc2c(F)cc(-c3nc(Cl)ncc3F)cc21. The maximum Gasteiger partial charge on any atom is 0.223 e. The number of hydrogen-bond acceptors (Lipinski definition) is 4. The van der Waals surface area contributed by atoms with Crippen molar-refractivity contribution < 1.29 is 8.78 Å². The quantitative estimate of drug-likeness (QED) is 0.757. The summed E-state index contributed by atoms with van der Waals surface area (Å²) in [5.41, 5.74) is 1.16. The molecule has 0 atom stereocenters. The van der Waals surface area contributed by atoms with E-state index in [1.165, 1.54) is 17.8 Å². The normalized spacial score (nSPS) is 14.4. The highest BCUT2D eigenvalue weighted by Gasteiger charge is 2.24. The number of rotatable bonds is 2. The summed E-state index contributed by atoms with van der Waals surface area (Å²) in [5, 5.41) is -0.0652. The van der Waals surface area contributed by atoms with E-state index < -0.39 is 5.82 Å². The van der Waals surface area contributed by atoms with Gasteiger partial charge in [-0.15, -0.1) is 11.8 Å². The van der Waals surface area contributed by atoms with Crippen molar-refractivity contribution in [2.45, 2.75) is 24.8 Å². The zero-order valence-corrected chi connectivity index (χ0v) is 13.7. The first kappa shape index (κ1) is 15.5. The van der Waals surface area contributed by atoms with Crippen LogP contribution in [0.1, 0.15) is 13.8 Å². The maximum atomic E-state index is 14.4. The summed E-state index contributed by atoms with van der Waals surface area (Å²) in [5.74, 6) is -0.157. The third-order valence-corrected chi connectivity index (χ3v) is 4.79. The van der Waals surface area contributed by atoms with Crippen LogP contribution in [0.4, 0.5) is 14.5 Å². The summed E-state index contributed by atoms with van der Waals surface area (Å²) in [6.07, 6.45) is 0.997. The summed E-state index contributed by atoms with van der Waals surface area (Å²) >= 11 is 7.21. The molecule has 3 nitrogen and oxygen atoms in total. The van der Waals surface area contributed by atoms with Gasteiger partial charge in [0.05, 0.1) is 16.8 Å². The molecule has 2 heterocycles. The molecule has 0 aliphatic carbocycles. The lowest BCUT2D eigenvalue weighted by molar-refractivity contribution is 0.592. The lowest BCUT2D eigenvalue weighted by Crippen LogP contribution is -2.35. The van der Waals surface area contributed by atoms with Gasteiger partial charge in [-0.1, -0.05) is 0 Å². The fourth-order valence-electron chi connectivity index (χ4n) is 2.52. The third-order valence-electron chi connectivity index (χ3n) is 3.52. The fourth-order valence-corrected chi connectivity index (χ4v) is 3.67. The summed E-state index contributed by atoms with van der Waals surface area (Å²) in [7, 11) is 0. The average molecular weight is 342 g/mol. The maximum absolute atomic E-state index is 14.4. The lowest BCUT2D eigenvalue weighted by atomic mass is 10.1. The van der Waals surface area contributed by atoms with Crippen molar-refractivity contribution in [1.82, 2.24) is 9.97 Å². The topological polar surface area (TPSA) is 29.0 Å². The van der Waals surface area contributed by atoms with E-state index in [1.807, 2.05) is 13.8 Å². The molecule has 2 aromatic rings. The Morgan fingerprint density at radius 1 is 1.27 bits per heavy atom. The van der Waals surface area contributed by atoms with Crippen molar-refractivity contribution in [3.8, 4) is 11.3 Å². The largest absolute Gasteiger partial charge is 0.367 e. The van der Waals surface area contributed by atoms with Crippen LogP contribution in [0.25, 0.3) is 11.3 Å². The summed E-state index contributed by atoms with van der Waals surface area (Å²) in [4.78, 5) is 10.2. The Morgan fingerprint density at radius 3 is 2.77 bits per heavy atom. The molecule has 0 saturated heterocycles. The van der Waals surface area contributed by atoms with Crippen LogP contribution in [-0.4, -0.2) is 28.3 Å². The van der Waals surface area contributed by atoms with E-state index in [2.05, 4.69) is 14.9 Å². The van der Waals surface area contributed by atoms with Crippen LogP contribution in [0.5, 0.6) is 0 Å². The standard InChI is InChI=1S/C15H14ClF2N3S/c1-8(2)21-3-4-22-14-10(17)5-9(6-12(14)21)13-11(18)7-19-15(16)20-13/h5-8H,3-4H2,1-2H3. The van der Waals surface area contributed by atoms with E-state index in [4.69, 9.17) is 11.6 Å². The molecule has 0 unspecified atom stereocenters. The highest BCUT2D eigenvalue weighted by molar-refractivity contribution is 7.99. The number of aromatic nitrogens is 2. The molecule has 116 valence electrons. The Morgan fingerprint density at radius 2 is 2.05 bits per heavy atom. The van der Waals surface area contributed by atoms with Crippen LogP contribution in [-0.2, 0) is 0 Å². The van der Waals surface area contributed by atoms with Crippen molar-refractivity contribution >= 4 is 29.1 Å². The molecule has 0 amide bonds. The lowest BCUT2D eigenvalue weighted by Gasteiger charge is -2.34. The van der Waals surface area contributed by atoms with E-state index in [0.29, 0.717) is 10.5 Å². The van der Waals surface area contributed by atoms with Gasteiger partial charge in [0.25, 0.3) is 0 Å². The van der Waals surface area contributed by atoms with Crippen molar-refractivity contribution in [2.24, 2.45) is 0 Å². The van der Waals surface area contributed by atoms with E-state index in [1.54, 1.807) is 6.07 Å². The molecule has 0 fully saturated rings. The molecular formula is C15H14ClF2N3S. The Labute approximate surface area is 136 Å². The molecule has 0 radical (unpaired) electrons. The number of nitrogens with zero attached hydrogens (tertiary/aromatic N) is 3. The molecule has 7 heteroatoms. The number of fused-ring (bicyclic) bond motifs is 1. The van der Waals surface area contributed by atoms with Gasteiger partial charge in [0.15, 0.2) is 5.82 Å². The fraction of sp³-hybridized carbons (Fsp3) is 0.333. The molecule has 1 aromatic carbocycles. The van der Waals surface area contributed by atoms with Crippen LogP contribution in [0, 0.1) is 11.6 Å².